The fraction of sp³-hybridized carbons (Fsp3) is 0.0833. The van der Waals surface area contributed by atoms with Crippen LogP contribution in [-0.2, 0) is 16.6 Å². The normalized spacial score (nSPS) is 11.6. The van der Waals surface area contributed by atoms with Crippen LogP contribution in [-0.4, -0.2) is 35.5 Å². The summed E-state index contributed by atoms with van der Waals surface area (Å²) < 4.78 is 29.3. The monoisotopic (exact) mass is 446 g/mol. The van der Waals surface area contributed by atoms with E-state index in [2.05, 4.69) is 0 Å². The van der Waals surface area contributed by atoms with E-state index in [9.17, 15) is 13.2 Å². The molecule has 3 aromatic carbocycles. The number of nitrogens with zero attached hydrogens (tertiary/aromatic N) is 3. The Morgan fingerprint density at radius 1 is 0.938 bits per heavy atom. The van der Waals surface area contributed by atoms with Gasteiger partial charge in [0.25, 0.3) is 0 Å². The molecule has 0 unspecified atom stereocenters. The zero-order chi connectivity index (χ0) is 22.7. The molecule has 2 N–H and O–H groups in total. The van der Waals surface area contributed by atoms with Gasteiger partial charge < -0.3 is 5.73 Å². The van der Waals surface area contributed by atoms with E-state index in [4.69, 9.17) is 10.8 Å². The van der Waals surface area contributed by atoms with Gasteiger partial charge in [-0.1, -0.05) is 48.5 Å². The van der Waals surface area contributed by atoms with Crippen LogP contribution in [0.3, 0.4) is 0 Å². The van der Waals surface area contributed by atoms with E-state index in [1.165, 1.54) is 35.6 Å². The Hall–Kier alpha value is -3.75. The molecule has 0 saturated heterocycles. The molecule has 0 radical (unpaired) electrons. The van der Waals surface area contributed by atoms with Crippen molar-refractivity contribution in [3.05, 3.63) is 102 Å². The molecule has 1 aromatic heterocycles. The summed E-state index contributed by atoms with van der Waals surface area (Å²) in [5.74, 6) is -0.608. The first-order valence-electron chi connectivity index (χ1n) is 9.92. The Morgan fingerprint density at radius 3 is 2.12 bits per heavy atom. The minimum Gasteiger partial charge on any atom is -0.366 e. The molecule has 4 rings (SSSR count). The van der Waals surface area contributed by atoms with Crippen LogP contribution in [0, 0.1) is 0 Å². The zero-order valence-corrected chi connectivity index (χ0v) is 18.2. The first-order chi connectivity index (χ1) is 15.4. The zero-order valence-electron chi connectivity index (χ0n) is 17.4. The van der Waals surface area contributed by atoms with Crippen molar-refractivity contribution < 1.29 is 13.2 Å². The molecule has 0 bridgehead atoms. The molecule has 8 heteroatoms. The lowest BCUT2D eigenvalue weighted by Gasteiger charge is -2.17. The lowest BCUT2D eigenvalue weighted by molar-refractivity contribution is 0.1000. The summed E-state index contributed by atoms with van der Waals surface area (Å²) in [6.07, 6.45) is 1.85. The number of para-hydroxylation sites is 1. The van der Waals surface area contributed by atoms with Crippen molar-refractivity contribution in [2.45, 2.75) is 11.4 Å². The van der Waals surface area contributed by atoms with Crippen LogP contribution in [0.15, 0.2) is 96.0 Å². The van der Waals surface area contributed by atoms with E-state index in [0.29, 0.717) is 5.69 Å². The number of hydrogen-bond acceptors (Lipinski definition) is 4. The number of benzene rings is 3. The second kappa shape index (κ2) is 8.78. The summed E-state index contributed by atoms with van der Waals surface area (Å²) in [7, 11) is -2.27. The molecule has 162 valence electrons. The van der Waals surface area contributed by atoms with Gasteiger partial charge in [-0.15, -0.1) is 0 Å². The molecular weight excluding hydrogens is 424 g/mol. The largest absolute Gasteiger partial charge is 0.366 e. The Balaban J connectivity index is 1.69. The van der Waals surface area contributed by atoms with Crippen molar-refractivity contribution in [2.75, 3.05) is 7.05 Å². The van der Waals surface area contributed by atoms with Crippen LogP contribution < -0.4 is 5.73 Å². The first kappa shape index (κ1) is 21.5. The molecule has 0 spiro atoms. The number of sulfonamides is 1. The van der Waals surface area contributed by atoms with E-state index in [-0.39, 0.29) is 17.0 Å². The van der Waals surface area contributed by atoms with E-state index < -0.39 is 15.9 Å². The minimum atomic E-state index is -3.79. The van der Waals surface area contributed by atoms with Crippen molar-refractivity contribution in [2.24, 2.45) is 5.73 Å². The highest BCUT2D eigenvalue weighted by Gasteiger charge is 2.24. The molecule has 7 nitrogen and oxygen atoms in total. The van der Waals surface area contributed by atoms with Gasteiger partial charge in [0, 0.05) is 36.5 Å². The van der Waals surface area contributed by atoms with Crippen molar-refractivity contribution in [3.63, 3.8) is 0 Å². The molecule has 0 atom stereocenters. The fourth-order valence-electron chi connectivity index (χ4n) is 3.37. The van der Waals surface area contributed by atoms with E-state index in [1.54, 1.807) is 4.68 Å². The van der Waals surface area contributed by atoms with Crippen molar-refractivity contribution in [3.8, 4) is 16.9 Å². The van der Waals surface area contributed by atoms with Gasteiger partial charge in [0.05, 0.1) is 16.3 Å². The van der Waals surface area contributed by atoms with Crippen LogP contribution >= 0.6 is 0 Å². The maximum absolute atomic E-state index is 13.1. The van der Waals surface area contributed by atoms with Gasteiger partial charge >= 0.3 is 0 Å². The molecule has 1 heterocycles. The van der Waals surface area contributed by atoms with E-state index in [1.807, 2.05) is 66.9 Å². The number of carbonyl (C=O) groups excluding carboxylic acids is 1. The van der Waals surface area contributed by atoms with Crippen LogP contribution in [0.1, 0.15) is 15.9 Å². The average molecular weight is 447 g/mol. The molecule has 1 amide bonds. The van der Waals surface area contributed by atoms with E-state index >= 15 is 0 Å². The lowest BCUT2D eigenvalue weighted by Crippen LogP contribution is -2.26. The predicted octanol–water partition coefficient (Wildman–Crippen LogP) is 3.46. The summed E-state index contributed by atoms with van der Waals surface area (Å²) in [5.41, 5.74) is 8.75. The van der Waals surface area contributed by atoms with E-state index in [0.717, 1.165) is 16.8 Å². The number of carbonyl (C=O) groups is 1. The number of primary amides is 1. The fourth-order valence-corrected chi connectivity index (χ4v) is 4.52. The SMILES string of the molecule is CN(Cc1cn(-c2ccccc2)nc1-c1ccccc1)S(=O)(=O)c1ccc(C(N)=O)cc1. The topological polar surface area (TPSA) is 98.3 Å². The Labute approximate surface area is 186 Å². The summed E-state index contributed by atoms with van der Waals surface area (Å²) in [6.45, 7) is 0.122. The number of rotatable bonds is 7. The number of amides is 1. The standard InChI is InChI=1S/C24H22N4O3S/c1-27(32(30,31)22-14-12-19(13-15-22)24(25)29)16-20-17-28(21-10-6-3-7-11-21)26-23(20)18-8-4-2-5-9-18/h2-15,17H,16H2,1H3,(H2,25,29). The third-order valence-corrected chi connectivity index (χ3v) is 6.92. The number of hydrogen-bond donors (Lipinski definition) is 1. The Kier molecular flexibility index (Phi) is 5.89. The Bertz CT molecular complexity index is 1330. The third-order valence-electron chi connectivity index (χ3n) is 5.10. The second-order valence-electron chi connectivity index (χ2n) is 7.30. The molecule has 0 aliphatic carbocycles. The molecule has 0 saturated carbocycles. The quantitative estimate of drug-likeness (QED) is 0.470. The van der Waals surface area contributed by atoms with Crippen molar-refractivity contribution >= 4 is 15.9 Å². The van der Waals surface area contributed by atoms with Crippen LogP contribution in [0.25, 0.3) is 16.9 Å². The molecule has 0 aliphatic heterocycles. The second-order valence-corrected chi connectivity index (χ2v) is 9.34. The maximum Gasteiger partial charge on any atom is 0.248 e. The summed E-state index contributed by atoms with van der Waals surface area (Å²) >= 11 is 0. The molecule has 32 heavy (non-hydrogen) atoms. The van der Waals surface area contributed by atoms with Gasteiger partial charge in [-0.3, -0.25) is 4.79 Å². The van der Waals surface area contributed by atoms with Crippen molar-refractivity contribution in [1.29, 1.82) is 0 Å². The van der Waals surface area contributed by atoms with Gasteiger partial charge in [0.15, 0.2) is 0 Å². The number of aromatic nitrogens is 2. The predicted molar refractivity (Wildman–Crippen MR) is 123 cm³/mol. The molecule has 0 fully saturated rings. The summed E-state index contributed by atoms with van der Waals surface area (Å²) in [4.78, 5) is 11.4. The minimum absolute atomic E-state index is 0.0849. The van der Waals surface area contributed by atoms with Crippen LogP contribution in [0.4, 0.5) is 0 Å². The molecule has 4 aromatic rings. The van der Waals surface area contributed by atoms with Crippen LogP contribution in [0.5, 0.6) is 0 Å². The smallest absolute Gasteiger partial charge is 0.248 e. The summed E-state index contributed by atoms with van der Waals surface area (Å²) in [6, 6.07) is 24.9. The first-order valence-corrected chi connectivity index (χ1v) is 11.4. The number of nitrogens with two attached hydrogens (primary N) is 1. The third kappa shape index (κ3) is 4.32. The van der Waals surface area contributed by atoms with Gasteiger partial charge in [-0.25, -0.2) is 13.1 Å². The molecular formula is C24H22N4O3S. The average Bonchev–Trinajstić information content (AvgIpc) is 3.24. The molecule has 0 aliphatic rings. The van der Waals surface area contributed by atoms with Gasteiger partial charge in [0.1, 0.15) is 0 Å². The highest BCUT2D eigenvalue weighted by Crippen LogP contribution is 2.26. The van der Waals surface area contributed by atoms with Crippen molar-refractivity contribution in [1.82, 2.24) is 14.1 Å². The van der Waals surface area contributed by atoms with Gasteiger partial charge in [-0.05, 0) is 36.4 Å². The van der Waals surface area contributed by atoms with Gasteiger partial charge in [0.2, 0.25) is 15.9 Å². The summed E-state index contributed by atoms with van der Waals surface area (Å²) in [5, 5.41) is 4.73. The highest BCUT2D eigenvalue weighted by atomic mass is 32.2. The van der Waals surface area contributed by atoms with Crippen LogP contribution in [0.2, 0.25) is 0 Å². The van der Waals surface area contributed by atoms with Gasteiger partial charge in [-0.2, -0.15) is 9.40 Å². The maximum atomic E-state index is 13.1. The Morgan fingerprint density at radius 2 is 1.53 bits per heavy atom. The lowest BCUT2D eigenvalue weighted by atomic mass is 10.1. The highest BCUT2D eigenvalue weighted by molar-refractivity contribution is 7.89.